The number of aromatic nitrogens is 3. The number of nitrogens with zero attached hydrogens (tertiary/aromatic N) is 5. The summed E-state index contributed by atoms with van der Waals surface area (Å²) in [4.78, 5) is 28.0. The number of carbonyl (C=O) groups excluding carboxylic acids is 1. The lowest BCUT2D eigenvalue weighted by Crippen LogP contribution is -2.57. The third kappa shape index (κ3) is 3.73. The summed E-state index contributed by atoms with van der Waals surface area (Å²) in [6.45, 7) is 1.94. The van der Waals surface area contributed by atoms with Gasteiger partial charge >= 0.3 is 0 Å². The Kier molecular flexibility index (Phi) is 4.15. The van der Waals surface area contributed by atoms with E-state index in [4.69, 9.17) is 0 Å². The number of halogens is 2. The molecule has 5 rings (SSSR count). The van der Waals surface area contributed by atoms with Crippen LogP contribution in [0.3, 0.4) is 0 Å². The first-order chi connectivity index (χ1) is 13.9. The summed E-state index contributed by atoms with van der Waals surface area (Å²) in [6, 6.07) is 5.86. The SMILES string of the molecule is CC(=O)N1CC(c2cc(Nc3cc(C4CC4)ccn3)nc(N3CC(F)(F)C3)n2)C1. The number of hydrogen-bond donors (Lipinski definition) is 1. The number of anilines is 3. The molecule has 0 atom stereocenters. The number of alkyl halides is 2. The predicted octanol–water partition coefficient (Wildman–Crippen LogP) is 2.89. The van der Waals surface area contributed by atoms with Crippen LogP contribution in [0.4, 0.5) is 26.4 Å². The van der Waals surface area contributed by atoms with Gasteiger partial charge in [-0.3, -0.25) is 4.79 Å². The highest BCUT2D eigenvalue weighted by Gasteiger charge is 2.45. The van der Waals surface area contributed by atoms with Crippen LogP contribution >= 0.6 is 0 Å². The topological polar surface area (TPSA) is 74.2 Å². The fraction of sp³-hybridized carbons (Fsp3) is 0.500. The van der Waals surface area contributed by atoms with Crippen molar-refractivity contribution in [3.63, 3.8) is 0 Å². The summed E-state index contributed by atoms with van der Waals surface area (Å²) in [5, 5.41) is 3.21. The van der Waals surface area contributed by atoms with E-state index in [1.807, 2.05) is 18.2 Å². The van der Waals surface area contributed by atoms with Gasteiger partial charge in [0.2, 0.25) is 11.9 Å². The summed E-state index contributed by atoms with van der Waals surface area (Å²) in [7, 11) is 0. The lowest BCUT2D eigenvalue weighted by atomic mass is 9.96. The zero-order valence-corrected chi connectivity index (χ0v) is 16.1. The van der Waals surface area contributed by atoms with Crippen LogP contribution in [-0.4, -0.2) is 57.9 Å². The highest BCUT2D eigenvalue weighted by molar-refractivity contribution is 5.74. The van der Waals surface area contributed by atoms with Crippen molar-refractivity contribution in [2.45, 2.75) is 37.5 Å². The molecule has 0 radical (unpaired) electrons. The van der Waals surface area contributed by atoms with Crippen molar-refractivity contribution in [2.24, 2.45) is 0 Å². The Morgan fingerprint density at radius 3 is 2.55 bits per heavy atom. The Hall–Kier alpha value is -2.84. The van der Waals surface area contributed by atoms with Crippen LogP contribution in [-0.2, 0) is 4.79 Å². The standard InChI is InChI=1S/C20H22F2N6O/c1-12(29)27-8-15(9-27)16-7-18(26-19(24-16)28-10-20(21,22)11-28)25-17-6-14(4-5-23-17)13-2-3-13/h4-7,13,15H,2-3,8-11H2,1H3,(H,23,24,25,26). The Morgan fingerprint density at radius 1 is 1.14 bits per heavy atom. The number of amides is 1. The molecule has 0 spiro atoms. The molecule has 7 nitrogen and oxygen atoms in total. The summed E-state index contributed by atoms with van der Waals surface area (Å²) in [5.41, 5.74) is 2.00. The highest BCUT2D eigenvalue weighted by atomic mass is 19.3. The average Bonchev–Trinajstić information content (AvgIpc) is 3.43. The number of nitrogens with one attached hydrogen (secondary N) is 1. The molecule has 152 valence electrons. The number of carbonyl (C=O) groups is 1. The molecule has 2 aromatic heterocycles. The Labute approximate surface area is 167 Å². The Balaban J connectivity index is 1.40. The minimum absolute atomic E-state index is 0.0253. The minimum Gasteiger partial charge on any atom is -0.341 e. The van der Waals surface area contributed by atoms with Crippen LogP contribution in [0.1, 0.15) is 42.9 Å². The molecule has 4 heterocycles. The molecule has 0 bridgehead atoms. The van der Waals surface area contributed by atoms with Crippen molar-refractivity contribution in [1.29, 1.82) is 0 Å². The van der Waals surface area contributed by atoms with Crippen LogP contribution in [0, 0.1) is 0 Å². The molecule has 1 saturated carbocycles. The van der Waals surface area contributed by atoms with Gasteiger partial charge in [-0.1, -0.05) is 0 Å². The average molecular weight is 400 g/mol. The van der Waals surface area contributed by atoms with E-state index in [2.05, 4.69) is 20.3 Å². The van der Waals surface area contributed by atoms with E-state index in [1.165, 1.54) is 30.2 Å². The fourth-order valence-electron chi connectivity index (χ4n) is 3.76. The minimum atomic E-state index is -2.70. The molecule has 29 heavy (non-hydrogen) atoms. The van der Waals surface area contributed by atoms with Gasteiger partial charge in [-0.25, -0.2) is 18.7 Å². The largest absolute Gasteiger partial charge is 0.341 e. The van der Waals surface area contributed by atoms with E-state index < -0.39 is 5.92 Å². The maximum atomic E-state index is 13.4. The van der Waals surface area contributed by atoms with Gasteiger partial charge in [0.05, 0.1) is 18.8 Å². The summed E-state index contributed by atoms with van der Waals surface area (Å²) in [5.74, 6) is -0.498. The molecule has 2 saturated heterocycles. The molecule has 3 fully saturated rings. The molecule has 1 aliphatic carbocycles. The number of rotatable bonds is 5. The highest BCUT2D eigenvalue weighted by Crippen LogP contribution is 2.40. The molecule has 1 N–H and O–H groups in total. The first-order valence-corrected chi connectivity index (χ1v) is 9.86. The van der Waals surface area contributed by atoms with Gasteiger partial charge in [0.15, 0.2) is 0 Å². The predicted molar refractivity (Wildman–Crippen MR) is 104 cm³/mol. The second-order valence-electron chi connectivity index (χ2n) is 8.18. The van der Waals surface area contributed by atoms with Gasteiger partial charge in [-0.05, 0) is 36.5 Å². The van der Waals surface area contributed by atoms with Crippen molar-refractivity contribution >= 4 is 23.5 Å². The molecular formula is C20H22F2N6O. The van der Waals surface area contributed by atoms with Gasteiger partial charge in [0, 0.05) is 38.2 Å². The molecule has 2 aromatic rings. The van der Waals surface area contributed by atoms with Gasteiger partial charge in [-0.2, -0.15) is 4.98 Å². The molecule has 0 unspecified atom stereocenters. The van der Waals surface area contributed by atoms with E-state index in [0.717, 1.165) is 5.69 Å². The smallest absolute Gasteiger partial charge is 0.282 e. The normalized spacial score (nSPS) is 20.8. The van der Waals surface area contributed by atoms with Crippen LogP contribution in [0.5, 0.6) is 0 Å². The quantitative estimate of drug-likeness (QED) is 0.832. The Morgan fingerprint density at radius 2 is 1.90 bits per heavy atom. The van der Waals surface area contributed by atoms with E-state index in [9.17, 15) is 13.6 Å². The second kappa shape index (κ2) is 6.60. The van der Waals surface area contributed by atoms with E-state index in [0.29, 0.717) is 30.6 Å². The fourth-order valence-corrected chi connectivity index (χ4v) is 3.76. The van der Waals surface area contributed by atoms with Gasteiger partial charge in [0.1, 0.15) is 11.6 Å². The molecule has 3 aliphatic rings. The molecule has 0 aromatic carbocycles. The molecule has 9 heteroatoms. The van der Waals surface area contributed by atoms with Crippen LogP contribution < -0.4 is 10.2 Å². The summed E-state index contributed by atoms with van der Waals surface area (Å²) < 4.78 is 26.7. The monoisotopic (exact) mass is 400 g/mol. The van der Waals surface area contributed by atoms with Gasteiger partial charge < -0.3 is 15.1 Å². The first-order valence-electron chi connectivity index (χ1n) is 9.86. The van der Waals surface area contributed by atoms with E-state index in [-0.39, 0.29) is 30.9 Å². The third-order valence-electron chi connectivity index (χ3n) is 5.70. The van der Waals surface area contributed by atoms with E-state index >= 15 is 0 Å². The molecular weight excluding hydrogens is 378 g/mol. The van der Waals surface area contributed by atoms with Crippen molar-refractivity contribution in [3.8, 4) is 0 Å². The lowest BCUT2D eigenvalue weighted by molar-refractivity contribution is -0.133. The van der Waals surface area contributed by atoms with Gasteiger partial charge in [0.25, 0.3) is 5.92 Å². The van der Waals surface area contributed by atoms with Crippen molar-refractivity contribution in [1.82, 2.24) is 19.9 Å². The number of pyridine rings is 1. The molecule has 1 amide bonds. The lowest BCUT2D eigenvalue weighted by Gasteiger charge is -2.40. The van der Waals surface area contributed by atoms with Crippen LogP contribution in [0.15, 0.2) is 24.4 Å². The zero-order chi connectivity index (χ0) is 20.2. The van der Waals surface area contributed by atoms with Crippen molar-refractivity contribution in [3.05, 3.63) is 35.7 Å². The summed E-state index contributed by atoms with van der Waals surface area (Å²) in [6.07, 6.45) is 4.16. The summed E-state index contributed by atoms with van der Waals surface area (Å²) >= 11 is 0. The van der Waals surface area contributed by atoms with Crippen LogP contribution in [0.25, 0.3) is 0 Å². The Bertz CT molecular complexity index is 950. The van der Waals surface area contributed by atoms with Crippen LogP contribution in [0.2, 0.25) is 0 Å². The number of hydrogen-bond acceptors (Lipinski definition) is 6. The van der Waals surface area contributed by atoms with Crippen molar-refractivity contribution < 1.29 is 13.6 Å². The maximum absolute atomic E-state index is 13.4. The third-order valence-corrected chi connectivity index (χ3v) is 5.70. The van der Waals surface area contributed by atoms with Gasteiger partial charge in [-0.15, -0.1) is 0 Å². The van der Waals surface area contributed by atoms with E-state index in [1.54, 1.807) is 11.1 Å². The maximum Gasteiger partial charge on any atom is 0.282 e. The van der Waals surface area contributed by atoms with Crippen molar-refractivity contribution in [2.75, 3.05) is 36.4 Å². The number of likely N-dealkylation sites (tertiary alicyclic amines) is 1. The molecule has 2 aliphatic heterocycles. The first kappa shape index (κ1) is 18.2. The second-order valence-corrected chi connectivity index (χ2v) is 8.18. The zero-order valence-electron chi connectivity index (χ0n) is 16.1.